The van der Waals surface area contributed by atoms with E-state index < -0.39 is 0 Å². The predicted molar refractivity (Wildman–Crippen MR) is 94.2 cm³/mol. The van der Waals surface area contributed by atoms with E-state index in [0.29, 0.717) is 18.1 Å². The van der Waals surface area contributed by atoms with Crippen LogP contribution in [0.1, 0.15) is 39.0 Å². The molecule has 0 aliphatic rings. The number of hydrogen-bond acceptors (Lipinski definition) is 5. The molecular weight excluding hydrogens is 304 g/mol. The van der Waals surface area contributed by atoms with Gasteiger partial charge in [0.2, 0.25) is 0 Å². The molecule has 2 heterocycles. The Morgan fingerprint density at radius 3 is 2.75 bits per heavy atom. The van der Waals surface area contributed by atoms with Crippen molar-refractivity contribution in [1.82, 2.24) is 14.3 Å². The quantitative estimate of drug-likeness (QED) is 0.396. The van der Waals surface area contributed by atoms with E-state index >= 15 is 0 Å². The third-order valence-corrected chi connectivity index (χ3v) is 3.98. The minimum Gasteiger partial charge on any atom is -0.382 e. The van der Waals surface area contributed by atoms with E-state index in [4.69, 9.17) is 11.5 Å². The minimum absolute atomic E-state index is 0.568. The van der Waals surface area contributed by atoms with Crippen LogP contribution in [0.3, 0.4) is 0 Å². The first-order valence-electron chi connectivity index (χ1n) is 8.65. The molecule has 0 saturated carbocycles. The number of nitrogens with two attached hydrogens (primary N) is 2. The van der Waals surface area contributed by atoms with Gasteiger partial charge < -0.3 is 11.5 Å². The molecule has 24 heavy (non-hydrogen) atoms. The SMILES string of the molecule is CCCCCCn1ncc(N=Nc2n(CCCN)cc[n+]2C)c1N. The molecule has 0 saturated heterocycles. The van der Waals surface area contributed by atoms with Crippen molar-refractivity contribution >= 4 is 17.5 Å². The van der Waals surface area contributed by atoms with Crippen LogP contribution in [-0.2, 0) is 20.1 Å². The summed E-state index contributed by atoms with van der Waals surface area (Å²) >= 11 is 0. The molecule has 0 aliphatic heterocycles. The number of rotatable bonds is 10. The lowest BCUT2D eigenvalue weighted by Crippen LogP contribution is -2.25. The van der Waals surface area contributed by atoms with Crippen molar-refractivity contribution in [3.63, 3.8) is 0 Å². The summed E-state index contributed by atoms with van der Waals surface area (Å²) in [6.45, 7) is 4.49. The van der Waals surface area contributed by atoms with E-state index in [2.05, 4.69) is 22.3 Å². The molecule has 0 aromatic carbocycles. The topological polar surface area (TPSA) is 103 Å². The number of nitrogen functional groups attached to an aromatic ring is 1. The van der Waals surface area contributed by atoms with Crippen LogP contribution in [0.5, 0.6) is 0 Å². The van der Waals surface area contributed by atoms with Crippen LogP contribution in [0.4, 0.5) is 17.5 Å². The Hall–Kier alpha value is -2.22. The average molecular weight is 333 g/mol. The number of unbranched alkanes of at least 4 members (excludes halogenated alkanes) is 3. The Morgan fingerprint density at radius 2 is 2.00 bits per heavy atom. The molecule has 0 bridgehead atoms. The summed E-state index contributed by atoms with van der Waals surface area (Å²) < 4.78 is 5.75. The Labute approximate surface area is 143 Å². The fourth-order valence-corrected chi connectivity index (χ4v) is 2.51. The molecule has 0 unspecified atom stereocenters. The van der Waals surface area contributed by atoms with Gasteiger partial charge in [0.25, 0.3) is 0 Å². The standard InChI is InChI=1S/C16H28N8/c1-3-4-5-6-10-24-15(18)14(13-19-24)20-21-16-22(2)11-12-23(16)9-7-8-17/h11-13,18H,3-10,17H2,1-2H3/p+1. The summed E-state index contributed by atoms with van der Waals surface area (Å²) in [4.78, 5) is 0. The van der Waals surface area contributed by atoms with Gasteiger partial charge in [0.05, 0.1) is 32.2 Å². The van der Waals surface area contributed by atoms with Crippen LogP contribution in [0.25, 0.3) is 0 Å². The first-order chi connectivity index (χ1) is 11.7. The summed E-state index contributed by atoms with van der Waals surface area (Å²) in [5.74, 6) is 1.33. The third-order valence-electron chi connectivity index (χ3n) is 3.98. The normalized spacial score (nSPS) is 11.6. The van der Waals surface area contributed by atoms with Gasteiger partial charge in [-0.2, -0.15) is 5.10 Å². The van der Waals surface area contributed by atoms with Crippen LogP contribution in [-0.4, -0.2) is 20.9 Å². The maximum atomic E-state index is 6.13. The van der Waals surface area contributed by atoms with Crippen LogP contribution in [0.15, 0.2) is 28.8 Å². The maximum absolute atomic E-state index is 6.13. The number of hydrogen-bond donors (Lipinski definition) is 2. The van der Waals surface area contributed by atoms with Crippen molar-refractivity contribution in [2.45, 2.75) is 52.1 Å². The molecule has 0 amide bonds. The molecule has 2 rings (SSSR count). The van der Waals surface area contributed by atoms with E-state index in [1.54, 1.807) is 10.9 Å². The van der Waals surface area contributed by atoms with Gasteiger partial charge in [0.15, 0.2) is 11.5 Å². The highest BCUT2D eigenvalue weighted by Crippen LogP contribution is 2.23. The molecule has 4 N–H and O–H groups in total. The Balaban J connectivity index is 2.04. The van der Waals surface area contributed by atoms with Gasteiger partial charge in [-0.1, -0.05) is 31.3 Å². The number of nitrogens with zero attached hydrogens (tertiary/aromatic N) is 6. The smallest absolute Gasteiger partial charge is 0.382 e. The summed E-state index contributed by atoms with van der Waals surface area (Å²) in [6, 6.07) is 0. The number of imidazole rings is 1. The van der Waals surface area contributed by atoms with Gasteiger partial charge in [0.1, 0.15) is 0 Å². The van der Waals surface area contributed by atoms with Gasteiger partial charge in [-0.15, -0.1) is 0 Å². The van der Waals surface area contributed by atoms with Crippen LogP contribution in [0.2, 0.25) is 0 Å². The average Bonchev–Trinajstić information content (AvgIpc) is 3.11. The molecule has 2 aromatic rings. The lowest BCUT2D eigenvalue weighted by molar-refractivity contribution is -0.657. The summed E-state index contributed by atoms with van der Waals surface area (Å²) in [5, 5.41) is 13.0. The largest absolute Gasteiger partial charge is 0.421 e. The number of anilines is 1. The monoisotopic (exact) mass is 333 g/mol. The summed E-state index contributed by atoms with van der Waals surface area (Å²) in [6.07, 6.45) is 11.2. The zero-order valence-corrected chi connectivity index (χ0v) is 14.7. The zero-order chi connectivity index (χ0) is 17.4. The molecule has 0 atom stereocenters. The lowest BCUT2D eigenvalue weighted by atomic mass is 10.2. The van der Waals surface area contributed by atoms with Crippen molar-refractivity contribution < 1.29 is 4.57 Å². The van der Waals surface area contributed by atoms with Crippen molar-refractivity contribution in [1.29, 1.82) is 0 Å². The van der Waals surface area contributed by atoms with Gasteiger partial charge in [-0.05, 0) is 19.4 Å². The second-order valence-corrected chi connectivity index (χ2v) is 5.94. The lowest BCUT2D eigenvalue weighted by Gasteiger charge is -2.03. The fourth-order valence-electron chi connectivity index (χ4n) is 2.51. The molecular formula is C16H29N8+. The molecule has 0 aliphatic carbocycles. The van der Waals surface area contributed by atoms with Crippen molar-refractivity contribution in [3.05, 3.63) is 18.6 Å². The highest BCUT2D eigenvalue weighted by molar-refractivity contribution is 5.56. The van der Waals surface area contributed by atoms with Gasteiger partial charge in [-0.25, -0.2) is 13.8 Å². The highest BCUT2D eigenvalue weighted by atomic mass is 15.3. The van der Waals surface area contributed by atoms with Crippen LogP contribution in [0, 0.1) is 0 Å². The van der Waals surface area contributed by atoms with E-state index in [9.17, 15) is 0 Å². The number of azo groups is 1. The molecule has 0 fully saturated rings. The highest BCUT2D eigenvalue weighted by Gasteiger charge is 2.15. The zero-order valence-electron chi connectivity index (χ0n) is 14.7. The molecule has 2 aromatic heterocycles. The first-order valence-corrected chi connectivity index (χ1v) is 8.65. The molecule has 8 heteroatoms. The number of aromatic nitrogens is 4. The van der Waals surface area contributed by atoms with E-state index in [-0.39, 0.29) is 0 Å². The predicted octanol–water partition coefficient (Wildman–Crippen LogP) is 2.44. The van der Waals surface area contributed by atoms with E-state index in [1.807, 2.05) is 28.6 Å². The van der Waals surface area contributed by atoms with Crippen molar-refractivity contribution in [3.8, 4) is 0 Å². The Bertz CT molecular complexity index is 655. The van der Waals surface area contributed by atoms with Gasteiger partial charge in [0, 0.05) is 11.7 Å². The second kappa shape index (κ2) is 9.17. The molecule has 8 nitrogen and oxygen atoms in total. The summed E-state index contributed by atoms with van der Waals surface area (Å²) in [5.41, 5.74) is 12.3. The summed E-state index contributed by atoms with van der Waals surface area (Å²) in [7, 11) is 1.94. The van der Waals surface area contributed by atoms with Crippen molar-refractivity contribution in [2.75, 3.05) is 12.3 Å². The Morgan fingerprint density at radius 1 is 1.17 bits per heavy atom. The van der Waals surface area contributed by atoms with E-state index in [0.717, 1.165) is 31.9 Å². The first kappa shape index (κ1) is 18.1. The van der Waals surface area contributed by atoms with E-state index in [1.165, 1.54) is 19.3 Å². The van der Waals surface area contributed by atoms with Crippen LogP contribution < -0.4 is 16.0 Å². The fraction of sp³-hybridized carbons (Fsp3) is 0.625. The molecule has 0 radical (unpaired) electrons. The van der Waals surface area contributed by atoms with Gasteiger partial charge >= 0.3 is 5.95 Å². The minimum atomic E-state index is 0.568. The third kappa shape index (κ3) is 4.64. The molecule has 132 valence electrons. The maximum Gasteiger partial charge on any atom is 0.421 e. The molecule has 0 spiro atoms. The second-order valence-electron chi connectivity index (χ2n) is 5.94. The number of aryl methyl sites for hydroxylation is 3. The van der Waals surface area contributed by atoms with Crippen molar-refractivity contribution in [2.24, 2.45) is 23.0 Å². The van der Waals surface area contributed by atoms with Crippen LogP contribution >= 0.6 is 0 Å². The van der Waals surface area contributed by atoms with Gasteiger partial charge in [-0.3, -0.25) is 0 Å². The Kier molecular flexibility index (Phi) is 6.92.